The molecule has 0 radical (unpaired) electrons. The van der Waals surface area contributed by atoms with Crippen LogP contribution in [0.2, 0.25) is 13.3 Å². The molecule has 0 spiro atoms. The van der Waals surface area contributed by atoms with Crippen molar-refractivity contribution in [1.82, 2.24) is 0 Å². The van der Waals surface area contributed by atoms with Gasteiger partial charge in [0, 0.05) is 0 Å². The van der Waals surface area contributed by atoms with E-state index in [1.54, 1.807) is 13.3 Å². The Hall–Kier alpha value is -1.82. The first-order valence-corrected chi connectivity index (χ1v) is 18.6. The Labute approximate surface area is 208 Å². The maximum absolute atomic E-state index is 10.6. The van der Waals surface area contributed by atoms with Crippen molar-refractivity contribution in [3.8, 4) is 11.1 Å². The van der Waals surface area contributed by atoms with E-state index in [0.29, 0.717) is 5.71 Å². The third kappa shape index (κ3) is 9.15. The molecule has 0 aliphatic heterocycles. The second kappa shape index (κ2) is 15.2. The molecule has 33 heavy (non-hydrogen) atoms. The second-order valence-electron chi connectivity index (χ2n) is 8.89. The third-order valence-corrected chi connectivity index (χ3v) is 15.2. The number of fused-ring (bicyclic) bond motifs is 3. The predicted octanol–water partition coefficient (Wildman–Crippen LogP) is 6.54. The van der Waals surface area contributed by atoms with Crippen LogP contribution in [0.25, 0.3) is 11.1 Å². The number of rotatable bonds is 11. The van der Waals surface area contributed by atoms with E-state index in [9.17, 15) is 5.11 Å². The summed E-state index contributed by atoms with van der Waals surface area (Å²) in [5, 5.41) is 17.8. The van der Waals surface area contributed by atoms with Crippen molar-refractivity contribution >= 4 is 31.5 Å². The van der Waals surface area contributed by atoms with Crippen molar-refractivity contribution < 1.29 is 5.11 Å². The van der Waals surface area contributed by atoms with Crippen LogP contribution in [0.15, 0.2) is 52.7 Å². The van der Waals surface area contributed by atoms with E-state index >= 15 is 0 Å². The Bertz CT molecular complexity index is 900. The fourth-order valence-corrected chi connectivity index (χ4v) is 13.7. The van der Waals surface area contributed by atoms with Gasteiger partial charge in [-0.3, -0.25) is 0 Å². The van der Waals surface area contributed by atoms with Gasteiger partial charge in [0.05, 0.1) is 11.7 Å². The predicted molar refractivity (Wildman–Crippen MR) is 143 cm³/mol. The van der Waals surface area contributed by atoms with Gasteiger partial charge in [-0.05, 0) is 47.2 Å². The van der Waals surface area contributed by atoms with E-state index < -0.39 is 25.8 Å². The zero-order chi connectivity index (χ0) is 24.1. The summed E-state index contributed by atoms with van der Waals surface area (Å²) in [4.78, 5) is 0. The average Bonchev–Trinajstić information content (AvgIpc) is 3.20. The van der Waals surface area contributed by atoms with Crippen LogP contribution in [0.5, 0.6) is 0 Å². The van der Waals surface area contributed by atoms with E-state index in [1.807, 2.05) is 13.0 Å². The molecule has 2 N–H and O–H groups in total. The van der Waals surface area contributed by atoms with Crippen molar-refractivity contribution in [3.05, 3.63) is 59.2 Å². The molecule has 3 rings (SSSR count). The number of unbranched alkanes of at least 4 members (excludes halogenated alkanes) is 3. The van der Waals surface area contributed by atoms with Crippen LogP contribution in [0.4, 0.5) is 0 Å². The van der Waals surface area contributed by atoms with Crippen LogP contribution in [0.3, 0.4) is 0 Å². The molecule has 1 aliphatic rings. The van der Waals surface area contributed by atoms with Gasteiger partial charge in [-0.2, -0.15) is 5.10 Å². The molecule has 4 nitrogen and oxygen atoms in total. The maximum atomic E-state index is 10.6. The van der Waals surface area contributed by atoms with Gasteiger partial charge in [-0.15, -0.1) is 5.10 Å². The summed E-state index contributed by atoms with van der Waals surface area (Å²) in [5.74, 6) is 0. The first kappa shape index (κ1) is 27.4. The summed E-state index contributed by atoms with van der Waals surface area (Å²) in [6.45, 7) is 8.82. The Morgan fingerprint density at radius 1 is 0.848 bits per heavy atom. The number of nitrogens with zero attached hydrogens (tertiary/aromatic N) is 2. The minimum atomic E-state index is -0.839. The SMILES string of the molecule is C/C(=N\N=C(\N)[O-])c1ccc2c(c1)Cc1ccccc1-2.CCC[CH2][Sn+]([CH2]CCC)[CH2]CCC. The van der Waals surface area contributed by atoms with Crippen LogP contribution >= 0.6 is 0 Å². The molecule has 0 aromatic heterocycles. The molecule has 0 heterocycles. The van der Waals surface area contributed by atoms with E-state index in [-0.39, 0.29) is 0 Å². The summed E-state index contributed by atoms with van der Waals surface area (Å²) in [5.41, 5.74) is 11.8. The molecule has 2 aromatic rings. The topological polar surface area (TPSA) is 73.8 Å². The Kier molecular flexibility index (Phi) is 12.6. The number of amidine groups is 1. The third-order valence-electron chi connectivity index (χ3n) is 6.16. The molecule has 0 fully saturated rings. The van der Waals surface area contributed by atoms with E-state index in [1.165, 1.54) is 60.8 Å². The number of nitrogens with two attached hydrogens (primary N) is 1. The van der Waals surface area contributed by atoms with Crippen LogP contribution < -0.4 is 10.8 Å². The first-order chi connectivity index (χ1) is 16.0. The second-order valence-corrected chi connectivity index (χ2v) is 17.5. The summed E-state index contributed by atoms with van der Waals surface area (Å²) in [6.07, 6.45) is 9.78. The Morgan fingerprint density at radius 2 is 1.42 bits per heavy atom. The molecule has 0 bridgehead atoms. The molecule has 5 heteroatoms. The molecule has 2 aromatic carbocycles. The van der Waals surface area contributed by atoms with Gasteiger partial charge < -0.3 is 10.8 Å². The van der Waals surface area contributed by atoms with Crippen LogP contribution in [0.1, 0.15) is 82.9 Å². The van der Waals surface area contributed by atoms with E-state index in [4.69, 9.17) is 5.73 Å². The van der Waals surface area contributed by atoms with Gasteiger partial charge >= 0.3 is 92.4 Å². The van der Waals surface area contributed by atoms with Crippen molar-refractivity contribution in [2.45, 2.75) is 86.0 Å². The van der Waals surface area contributed by atoms with E-state index in [0.717, 1.165) is 12.0 Å². The molecular formula is C28H41N3OSn. The van der Waals surface area contributed by atoms with Gasteiger partial charge in [0.1, 0.15) is 0 Å². The quantitative estimate of drug-likeness (QED) is 0.127. The van der Waals surface area contributed by atoms with E-state index in [2.05, 4.69) is 67.4 Å². The molecule has 0 saturated heterocycles. The molecular weight excluding hydrogens is 513 g/mol. The van der Waals surface area contributed by atoms with Gasteiger partial charge in [-0.1, -0.05) is 36.4 Å². The number of hydrogen-bond donors (Lipinski definition) is 1. The molecule has 0 atom stereocenters. The summed E-state index contributed by atoms with van der Waals surface area (Å²) in [7, 11) is 0. The summed E-state index contributed by atoms with van der Waals surface area (Å²) >= 11 is -0.839. The van der Waals surface area contributed by atoms with Gasteiger partial charge in [-0.25, -0.2) is 0 Å². The normalized spacial score (nSPS) is 12.6. The van der Waals surface area contributed by atoms with Crippen molar-refractivity contribution in [2.24, 2.45) is 15.9 Å². The number of hydrogen-bond acceptors (Lipinski definition) is 3. The average molecular weight is 554 g/mol. The zero-order valence-corrected chi connectivity index (χ0v) is 23.8. The zero-order valence-electron chi connectivity index (χ0n) is 21.0. The summed E-state index contributed by atoms with van der Waals surface area (Å²) < 4.78 is 5.04. The monoisotopic (exact) mass is 555 g/mol. The molecule has 0 amide bonds. The summed E-state index contributed by atoms with van der Waals surface area (Å²) in [6, 6.07) is 13.8. The standard InChI is InChI=1S/C16H15N3O.3C4H9.Sn/c1-10(18-19-16(17)20)11-6-7-15-13(8-11)9-12-4-2-3-5-14(12)15;3*1-3-4-2;/h2-8H,9H2,1H3,(H3,17,19,20);3*1,3-4H2,2H3;/q;;;;+1/p-1/b18-10+;;;;. The first-order valence-electron chi connectivity index (χ1n) is 12.6. The molecule has 178 valence electrons. The number of benzene rings is 2. The van der Waals surface area contributed by atoms with Gasteiger partial charge in [0.25, 0.3) is 0 Å². The van der Waals surface area contributed by atoms with Crippen LogP contribution in [-0.4, -0.2) is 31.5 Å². The Balaban J connectivity index is 0.000000260. The van der Waals surface area contributed by atoms with Crippen molar-refractivity contribution in [2.75, 3.05) is 0 Å². The molecule has 0 saturated carbocycles. The van der Waals surface area contributed by atoms with Crippen molar-refractivity contribution in [1.29, 1.82) is 0 Å². The molecule has 1 aliphatic carbocycles. The van der Waals surface area contributed by atoms with Gasteiger partial charge in [0.15, 0.2) is 0 Å². The minimum absolute atomic E-state index is 0.683. The molecule has 0 unspecified atom stereocenters. The van der Waals surface area contributed by atoms with Crippen LogP contribution in [0, 0.1) is 0 Å². The van der Waals surface area contributed by atoms with Crippen LogP contribution in [-0.2, 0) is 6.42 Å². The fraction of sp³-hybridized carbons (Fsp3) is 0.500. The van der Waals surface area contributed by atoms with Gasteiger partial charge in [0.2, 0.25) is 0 Å². The van der Waals surface area contributed by atoms with Crippen molar-refractivity contribution in [3.63, 3.8) is 0 Å². The fourth-order valence-electron chi connectivity index (χ4n) is 4.21. The Morgan fingerprint density at radius 3 is 2.00 bits per heavy atom.